The molecule has 0 spiro atoms. The molecule has 0 bridgehead atoms. The number of cyclic esters (lactones) is 1. The minimum absolute atomic E-state index is 0.0168. The summed E-state index contributed by atoms with van der Waals surface area (Å²) in [5.74, 6) is -6.27. The molecule has 4 aliphatic rings. The fourth-order valence-electron chi connectivity index (χ4n) is 11.6. The second-order valence-corrected chi connectivity index (χ2v) is 25.9. The number of sulfonamides is 1. The number of nitrogens with zero attached hydrogens (tertiary/aromatic N) is 2. The first-order valence-electron chi connectivity index (χ1n) is 28.4. The molecule has 26 heteroatoms. The van der Waals surface area contributed by atoms with Crippen molar-refractivity contribution in [2.45, 2.75) is 217 Å². The van der Waals surface area contributed by atoms with Crippen LogP contribution in [-0.2, 0) is 78.0 Å². The molecule has 475 valence electrons. The molecular weight excluding hydrogens is 1120 g/mol. The second-order valence-electron chi connectivity index (χ2n) is 24.2. The molecule has 83 heavy (non-hydrogen) atoms. The first-order valence-corrected chi connectivity index (χ1v) is 29.9. The number of carbonyl (C=O) groups excluding carboxylic acids is 3. The largest absolute Gasteiger partial charge is 0.461 e. The summed E-state index contributed by atoms with van der Waals surface area (Å²) in [7, 11) is 1.81. The number of benzene rings is 1. The summed E-state index contributed by atoms with van der Waals surface area (Å²) in [6.07, 6.45) is -15.8. The summed E-state index contributed by atoms with van der Waals surface area (Å²) in [5, 5.41) is 29.3. The van der Waals surface area contributed by atoms with Crippen molar-refractivity contribution in [1.29, 1.82) is 0 Å². The van der Waals surface area contributed by atoms with Gasteiger partial charge in [0.25, 0.3) is 0 Å². The number of alkyl halides is 3. The van der Waals surface area contributed by atoms with Crippen molar-refractivity contribution in [3.05, 3.63) is 36.2 Å². The van der Waals surface area contributed by atoms with Crippen molar-refractivity contribution in [2.75, 3.05) is 48.1 Å². The lowest BCUT2D eigenvalue weighted by Crippen LogP contribution is -2.59. The number of carbonyl (C=O) groups is 3. The van der Waals surface area contributed by atoms with Crippen LogP contribution in [0.15, 0.2) is 34.3 Å². The number of halogens is 3. The molecule has 2 unspecified atom stereocenters. The van der Waals surface area contributed by atoms with Gasteiger partial charge in [0.15, 0.2) is 30.3 Å². The van der Waals surface area contributed by atoms with E-state index in [0.717, 1.165) is 12.1 Å². The summed E-state index contributed by atoms with van der Waals surface area (Å²) in [5.41, 5.74) is -4.25. The molecule has 4 fully saturated rings. The number of alkyl carbamates (subject to hydrolysis) is 1. The van der Waals surface area contributed by atoms with Gasteiger partial charge in [0.05, 0.1) is 64.8 Å². The minimum atomic E-state index is -4.70. The van der Waals surface area contributed by atoms with E-state index < -0.39 is 172 Å². The van der Waals surface area contributed by atoms with Crippen LogP contribution in [0.4, 0.5) is 18.0 Å². The zero-order valence-corrected chi connectivity index (χ0v) is 51.9. The van der Waals surface area contributed by atoms with Crippen LogP contribution in [0.2, 0.25) is 0 Å². The summed E-state index contributed by atoms with van der Waals surface area (Å²) in [4.78, 5) is 51.7. The summed E-state index contributed by atoms with van der Waals surface area (Å²) >= 11 is 0. The molecule has 0 aliphatic carbocycles. The third kappa shape index (κ3) is 18.2. The molecular formula is C57H92F3N4O18S. The Hall–Kier alpha value is -3.64. The van der Waals surface area contributed by atoms with Gasteiger partial charge in [0, 0.05) is 63.9 Å². The van der Waals surface area contributed by atoms with Crippen LogP contribution < -0.4 is 10.0 Å². The molecule has 1 aromatic rings. The van der Waals surface area contributed by atoms with Crippen LogP contribution in [0.3, 0.4) is 0 Å². The highest BCUT2D eigenvalue weighted by Gasteiger charge is 2.51. The van der Waals surface area contributed by atoms with E-state index in [9.17, 15) is 36.6 Å². The van der Waals surface area contributed by atoms with Crippen molar-refractivity contribution >= 4 is 33.6 Å². The Balaban J connectivity index is 1.58. The normalized spacial score (nSPS) is 37.9. The van der Waals surface area contributed by atoms with E-state index in [1.165, 1.54) is 42.1 Å². The number of rotatable bonds is 17. The Bertz CT molecular complexity index is 2430. The number of hydrogen-bond donors (Lipinski definition) is 4. The van der Waals surface area contributed by atoms with Gasteiger partial charge < -0.3 is 72.6 Å². The third-order valence-corrected chi connectivity index (χ3v) is 17.7. The molecule has 1 radical (unpaired) electrons. The Labute approximate surface area is 487 Å². The summed E-state index contributed by atoms with van der Waals surface area (Å²) in [6.45, 7) is 22.3. The predicted molar refractivity (Wildman–Crippen MR) is 296 cm³/mol. The van der Waals surface area contributed by atoms with Crippen LogP contribution in [0.5, 0.6) is 0 Å². The van der Waals surface area contributed by atoms with E-state index in [1.54, 1.807) is 61.8 Å². The van der Waals surface area contributed by atoms with Crippen molar-refractivity contribution in [2.24, 2.45) is 40.7 Å². The van der Waals surface area contributed by atoms with E-state index in [-0.39, 0.29) is 37.3 Å². The molecule has 22 nitrogen and oxygen atoms in total. The monoisotopic (exact) mass is 1210 g/mol. The van der Waals surface area contributed by atoms with Crippen molar-refractivity contribution in [1.82, 2.24) is 14.9 Å². The molecule has 0 saturated carbocycles. The van der Waals surface area contributed by atoms with Crippen LogP contribution in [0, 0.1) is 41.9 Å². The van der Waals surface area contributed by atoms with Gasteiger partial charge >= 0.3 is 18.2 Å². The van der Waals surface area contributed by atoms with E-state index in [4.69, 9.17) is 52.2 Å². The first kappa shape index (κ1) is 70.1. The maximum absolute atomic E-state index is 15.4. The number of nitrogens with one attached hydrogen (secondary N) is 2. The van der Waals surface area contributed by atoms with E-state index >= 15 is 9.59 Å². The predicted octanol–water partition coefficient (Wildman–Crippen LogP) is 6.03. The number of methoxy groups -OCH3 is 2. The van der Waals surface area contributed by atoms with Gasteiger partial charge in [-0.25, -0.2) is 17.9 Å². The molecule has 4 heterocycles. The number of Topliss-reactive ketones (excluding diaryl/α,β-unsaturated/α-hetero) is 1. The Morgan fingerprint density at radius 1 is 0.892 bits per heavy atom. The van der Waals surface area contributed by atoms with Crippen LogP contribution in [0.25, 0.3) is 0 Å². The molecule has 0 aromatic heterocycles. The highest BCUT2D eigenvalue weighted by Crippen LogP contribution is 2.40. The fraction of sp³-hybridized carbons (Fsp3) is 0.807. The first-order chi connectivity index (χ1) is 38.6. The van der Waals surface area contributed by atoms with Gasteiger partial charge in [-0.3, -0.25) is 9.59 Å². The number of hydrogen-bond acceptors (Lipinski definition) is 20. The average molecular weight is 1210 g/mol. The van der Waals surface area contributed by atoms with Crippen molar-refractivity contribution < 1.29 is 98.4 Å². The fourth-order valence-corrected chi connectivity index (χ4v) is 12.8. The lowest BCUT2D eigenvalue weighted by atomic mass is 9.75. The topological polar surface area (TPSA) is 267 Å². The number of aliphatic hydroxyl groups excluding tert-OH is 2. The van der Waals surface area contributed by atoms with Gasteiger partial charge in [-0.05, 0) is 111 Å². The van der Waals surface area contributed by atoms with E-state index in [2.05, 4.69) is 20.1 Å². The minimum Gasteiger partial charge on any atom is -0.461 e. The standard InChI is InChI=1S/C57H92F3N4O18S/c1-29-22-30(2)50(67)56(13,82-54(69)62-55(11,12)28-61-83(70,71)40-20-18-39(19-21-40)57(58,59)60)25-31(3)46(81-52-44(66)41(63-74-17)24-34(6)77-52)36(8)47(79-42-23-33(5)64(14)26-35(7)76-42)37(9)51(68)80-45(29)32(4)27-75-53-49(73-16)48(72-15)43(65)38(10)78-53/h18-22,29-38,42-49,52-53,61,65-66H,23-28H2,1-17H3,(H,62,69)/t29-,30+,31-,32?,33?,34+,35-,36+,37+,38+,42-,43+,44+,45+,46-,47-,48+,49+,52-,53+,56-/m0/s1. The second kappa shape index (κ2) is 29.4. The summed E-state index contributed by atoms with van der Waals surface area (Å²) in [6, 6.07) is 2.91. The summed E-state index contributed by atoms with van der Waals surface area (Å²) < 4.78 is 132. The lowest BCUT2D eigenvalue weighted by Gasteiger charge is -2.44. The number of ketones is 1. The van der Waals surface area contributed by atoms with Crippen molar-refractivity contribution in [3.8, 4) is 0 Å². The Morgan fingerprint density at radius 2 is 1.53 bits per heavy atom. The molecule has 1 aromatic carbocycles. The number of aliphatic hydroxyl groups is 2. The highest BCUT2D eigenvalue weighted by atomic mass is 32.2. The molecule has 1 amide bonds. The molecule has 4 saturated heterocycles. The molecule has 21 atom stereocenters. The van der Waals surface area contributed by atoms with Gasteiger partial charge in [-0.15, -0.1) is 0 Å². The van der Waals surface area contributed by atoms with Gasteiger partial charge in [0.1, 0.15) is 37.6 Å². The maximum Gasteiger partial charge on any atom is 0.416 e. The van der Waals surface area contributed by atoms with Crippen LogP contribution in [-0.4, -0.2) is 192 Å². The average Bonchev–Trinajstić information content (AvgIpc) is 3.62. The van der Waals surface area contributed by atoms with Crippen molar-refractivity contribution in [3.63, 3.8) is 0 Å². The number of oxime groups is 1. The van der Waals surface area contributed by atoms with Gasteiger partial charge in [0.2, 0.25) is 10.0 Å². The molecule has 4 aliphatic heterocycles. The number of ether oxygens (including phenoxy) is 10. The van der Waals surface area contributed by atoms with E-state index in [1.807, 2.05) is 20.9 Å². The van der Waals surface area contributed by atoms with Gasteiger partial charge in [-0.2, -0.15) is 13.2 Å². The zero-order chi connectivity index (χ0) is 62.3. The lowest BCUT2D eigenvalue weighted by molar-refractivity contribution is -0.305. The highest BCUT2D eigenvalue weighted by molar-refractivity contribution is 7.89. The third-order valence-electron chi connectivity index (χ3n) is 16.3. The Kier molecular flexibility index (Phi) is 24.8. The number of likely N-dealkylation sites (N-methyl/N-ethyl adjacent to an activating group) is 1. The number of esters is 1. The van der Waals surface area contributed by atoms with Crippen LogP contribution >= 0.6 is 0 Å². The quantitative estimate of drug-likeness (QED) is 0.102. The maximum atomic E-state index is 15.4. The number of amides is 1. The molecule has 4 N–H and O–H groups in total. The Morgan fingerprint density at radius 3 is 2.13 bits per heavy atom. The molecule has 5 rings (SSSR count). The van der Waals surface area contributed by atoms with Crippen LogP contribution in [0.1, 0.15) is 115 Å². The SMILES string of the molecule is CON=C1C[C@@H](C)O[C@@H](O[C@@H]2[C@@H](C)[C@H](O[C@H]3CC(C)N(C)C[C@H](C)O3)[C@@H](C)C(=O)O[C@@H](C(C)CO[C@@H]3O[C@H](C)[C@@H](O)[C@@H](OC)[C@H]3OC)[C@@H](C)[CH][C@@H](C)C(=O)[C@@](C)(OC(=O)NC(C)(C)CNS(=O)(=O)c3ccc(C(F)(F)F)cc3)C[C@@H]2C)[C@@H]1O. The van der Waals surface area contributed by atoms with Gasteiger partial charge in [-0.1, -0.05) is 39.8 Å². The zero-order valence-electron chi connectivity index (χ0n) is 51.0. The smallest absolute Gasteiger partial charge is 0.416 e. The van der Waals surface area contributed by atoms with E-state index in [0.29, 0.717) is 25.1 Å².